The normalized spacial score (nSPS) is 8.03. The van der Waals surface area contributed by atoms with Crippen molar-refractivity contribution in [2.75, 3.05) is 31.6 Å². The Hall–Kier alpha value is 0.589. The van der Waals surface area contributed by atoms with Crippen LogP contribution in [0.4, 0.5) is 5.82 Å². The topological polar surface area (TPSA) is 139 Å². The van der Waals surface area contributed by atoms with E-state index in [4.69, 9.17) is 26.6 Å². The van der Waals surface area contributed by atoms with E-state index in [1.165, 1.54) is 29.6 Å². The van der Waals surface area contributed by atoms with E-state index in [2.05, 4.69) is 41.3 Å². The van der Waals surface area contributed by atoms with Gasteiger partial charge in [-0.2, -0.15) is 22.3 Å². The summed E-state index contributed by atoms with van der Waals surface area (Å²) in [4.78, 5) is 8.25. The number of nitrogens with one attached hydrogen (secondary N) is 1. The Morgan fingerprint density at radius 1 is 0.727 bits per heavy atom. The van der Waals surface area contributed by atoms with Gasteiger partial charge in [-0.3, -0.25) is 4.99 Å². The van der Waals surface area contributed by atoms with Gasteiger partial charge in [0.05, 0.1) is 6.61 Å². The smallest absolute Gasteiger partial charge is 0.286 e. The first-order valence-corrected chi connectivity index (χ1v) is 18.8. The molecule has 0 aliphatic rings. The average molecular weight is 1300 g/mol. The average Bonchev–Trinajstić information content (AvgIpc) is 3.21. The van der Waals surface area contributed by atoms with E-state index in [0.717, 1.165) is 54.9 Å². The first-order chi connectivity index (χ1) is 26.4. The van der Waals surface area contributed by atoms with E-state index >= 15 is 0 Å². The predicted octanol–water partition coefficient (Wildman–Crippen LogP) is 10.4. The van der Waals surface area contributed by atoms with Gasteiger partial charge in [0, 0.05) is 225 Å². The third-order valence-corrected chi connectivity index (χ3v) is 6.83. The third-order valence-electron chi connectivity index (χ3n) is 6.54. The summed E-state index contributed by atoms with van der Waals surface area (Å²) in [6.07, 6.45) is 10.1. The third kappa shape index (κ3) is 53.9. The van der Waals surface area contributed by atoms with Crippen molar-refractivity contribution >= 4 is 34.2 Å². The molecular weight excluding hydrogens is 1230 g/mol. The van der Waals surface area contributed by atoms with Gasteiger partial charge < -0.3 is 81.7 Å². The number of aromatic hydroxyl groups is 1. The molecule has 0 fully saturated rings. The summed E-state index contributed by atoms with van der Waals surface area (Å²) in [7, 11) is 0. The van der Waals surface area contributed by atoms with Gasteiger partial charge in [-0.25, -0.2) is 4.98 Å². The molecule has 18 heteroatoms. The summed E-state index contributed by atoms with van der Waals surface area (Å²) in [6, 6.07) is 31.4. The van der Waals surface area contributed by atoms with Gasteiger partial charge in [0.25, 0.3) is 5.15 Å². The van der Waals surface area contributed by atoms with Crippen molar-refractivity contribution in [3.05, 3.63) is 200 Å². The molecule has 0 saturated heterocycles. The van der Waals surface area contributed by atoms with Crippen LogP contribution in [0.25, 0.3) is 0 Å². The molecule has 5 rings (SSSR count). The first kappa shape index (κ1) is 99.8. The minimum Gasteiger partial charge on any atom is -0.618 e. The number of hydrogen-bond donors (Lipinski definition) is 4. The monoisotopic (exact) mass is 1300 g/mol. The number of rotatable bonds is 13. The number of halogens is 1. The molecule has 66 heavy (non-hydrogen) atoms. The molecule has 5 aromatic rings. The van der Waals surface area contributed by atoms with Crippen molar-refractivity contribution in [3.63, 3.8) is 0 Å². The second-order valence-electron chi connectivity index (χ2n) is 10.6. The molecule has 0 saturated carbocycles. The Morgan fingerprint density at radius 3 is 1.65 bits per heavy atom. The predicted molar refractivity (Wildman–Crippen MR) is 265 cm³/mol. The molecule has 4 N–H and O–H groups in total. The summed E-state index contributed by atoms with van der Waals surface area (Å²) < 4.78 is 7.26. The van der Waals surface area contributed by atoms with Crippen molar-refractivity contribution in [1.29, 1.82) is 0 Å². The minimum absolute atomic E-state index is 0. The van der Waals surface area contributed by atoms with Gasteiger partial charge >= 0.3 is 0 Å². The molecule has 0 aliphatic carbocycles. The van der Waals surface area contributed by atoms with Gasteiger partial charge in [-0.05, 0) is 79.0 Å². The van der Waals surface area contributed by atoms with Crippen LogP contribution in [-0.2, 0) is 176 Å². The maximum Gasteiger partial charge on any atom is 0.286 e. The Morgan fingerprint density at radius 2 is 1.23 bits per heavy atom. The molecule has 0 unspecified atom stereocenters. The van der Waals surface area contributed by atoms with Crippen molar-refractivity contribution in [1.82, 2.24) is 9.71 Å². The summed E-state index contributed by atoms with van der Waals surface area (Å²) in [5.41, 5.74) is 3.04. The van der Waals surface area contributed by atoms with E-state index in [-0.39, 0.29) is 229 Å². The van der Waals surface area contributed by atoms with Gasteiger partial charge in [0.2, 0.25) is 0 Å². The minimum atomic E-state index is 0. The number of aryl methyl sites for hydroxylation is 2. The number of aromatic nitrogens is 3. The number of phenolic OH excluding ortho intramolecular Hbond substituents is 1. The first-order valence-electron chi connectivity index (χ1n) is 18.4. The fraction of sp³-hybridized carbons (Fsp3) is 0.292. The van der Waals surface area contributed by atoms with Crippen molar-refractivity contribution in [2.45, 2.75) is 66.2 Å². The van der Waals surface area contributed by atoms with Gasteiger partial charge in [0.15, 0.2) is 11.7 Å². The van der Waals surface area contributed by atoms with Crippen LogP contribution in [-0.4, -0.2) is 68.3 Å². The fourth-order valence-corrected chi connectivity index (χ4v) is 4.12. The molecule has 10 nitrogen and oxygen atoms in total. The molecular formula is C48H75B2ClN5O5Y5-7. The molecule has 2 aromatic carbocycles. The summed E-state index contributed by atoms with van der Waals surface area (Å²) >= 11 is 5.36. The molecule has 0 amide bonds. The number of phenols is 1. The van der Waals surface area contributed by atoms with E-state index < -0.39 is 0 Å². The number of hydrogen-bond acceptors (Lipinski definition) is 8. The number of pyridine rings is 3. The Balaban J connectivity index is -0.0000000495. The number of aliphatic hydroxyl groups is 1. The van der Waals surface area contributed by atoms with Crippen molar-refractivity contribution < 1.29 is 188 Å². The zero-order chi connectivity index (χ0) is 40.2. The second kappa shape index (κ2) is 72.1. The molecule has 11 radical (unpaired) electrons. The van der Waals surface area contributed by atoms with E-state index in [0.29, 0.717) is 35.5 Å². The summed E-state index contributed by atoms with van der Waals surface area (Å²) in [5.74, 6) is 2.16. The number of aliphatic hydroxyl groups excluding tert-OH is 1. The van der Waals surface area contributed by atoms with E-state index in [1.54, 1.807) is 48.7 Å². The number of nitrogens with zero attached hydrogens (tertiary/aromatic N) is 4. The van der Waals surface area contributed by atoms with Crippen LogP contribution < -0.4 is 20.3 Å². The van der Waals surface area contributed by atoms with E-state index in [9.17, 15) is 10.4 Å². The Labute approximate surface area is 538 Å². The van der Waals surface area contributed by atoms with Crippen LogP contribution in [0.2, 0.25) is 5.15 Å². The molecule has 3 heterocycles. The maximum atomic E-state index is 10.4. The van der Waals surface area contributed by atoms with Crippen molar-refractivity contribution in [3.8, 4) is 11.5 Å². The molecule has 0 spiro atoms. The molecule has 3 aromatic heterocycles. The van der Waals surface area contributed by atoms with Gasteiger partial charge in [-0.1, -0.05) is 88.1 Å². The number of ether oxygens (including phenoxy) is 1. The largest absolute Gasteiger partial charge is 0.618 e. The maximum absolute atomic E-state index is 10.4. The van der Waals surface area contributed by atoms with Gasteiger partial charge in [-0.15, -0.1) is 0 Å². The van der Waals surface area contributed by atoms with Crippen LogP contribution in [0, 0.1) is 56.2 Å². The molecule has 0 aliphatic heterocycles. The molecule has 0 bridgehead atoms. The number of benzene rings is 2. The second-order valence-corrected chi connectivity index (χ2v) is 11.0. The molecule has 357 valence electrons. The van der Waals surface area contributed by atoms with E-state index in [1.807, 2.05) is 70.2 Å². The molecule has 0 atom stereocenters. The van der Waals surface area contributed by atoms with Crippen LogP contribution in [0.5, 0.6) is 11.5 Å². The van der Waals surface area contributed by atoms with Crippen LogP contribution in [0.15, 0.2) is 127 Å². The quantitative estimate of drug-likeness (QED) is 0.0175. The van der Waals surface area contributed by atoms with Crippen molar-refractivity contribution in [2.24, 2.45) is 4.99 Å². The van der Waals surface area contributed by atoms with Crippen LogP contribution in [0.1, 0.15) is 64.5 Å². The van der Waals surface area contributed by atoms with Gasteiger partial charge in [0.1, 0.15) is 17.3 Å². The number of anilines is 1. The summed E-state index contributed by atoms with van der Waals surface area (Å²) in [5, 5.41) is 40.4. The Kier molecular flexibility index (Phi) is 109. The zero-order valence-electron chi connectivity index (χ0n) is 41.4. The van der Waals surface area contributed by atoms with Crippen LogP contribution >= 0.6 is 11.6 Å². The standard InChI is InChI=1S/C17H21N2O.C9H11O.C8H12N2O2.C5H4ClNO.2C2H6.5CH3.2B.5Y/c1-2-6-15-8-10-16(11-9-15)20-14-5-13-19-17-7-3-4-12-18-17;1-2-3-8-4-6-9(10)7-5-8;11-7-3-5-9-8-4-1-2-6-10(8)12;6-5-3-1-2-4-7(5)8;2*1-2;;;;;;;;;;;;/h3-4,7-12H,1-2,5-6,13-14H2,(H,18,19);4-7,10H,1-3H2;1-2,4,6,11-12H,3,5,7H2;1-4H;2*1-2H3;5*1H3;;;;;;;/q2*-1;;;;;5*-1;;;;;;;. The Bertz CT molecular complexity index is 1660. The van der Waals surface area contributed by atoms with Crippen LogP contribution in [0.3, 0.4) is 0 Å². The SMILES string of the molecule is CC.CC.OCCCN=c1ccccn1O.[B].[B].[CH2-]CCc1ccc(O)cc1.[CH2-]CCc1ccc(OCCCNc2ccccn2)cc1.[CH3-].[CH3-].[CH3-].[CH3-].[CH3-].[O-][n+]1ccccc1Cl.[Y].[Y].[Y].[Y].[Y]. The zero-order valence-corrected chi connectivity index (χ0v) is 56.3. The summed E-state index contributed by atoms with van der Waals surface area (Å²) in [6.45, 7) is 17.8. The fourth-order valence-electron chi connectivity index (χ4n) is 3.99.